The summed E-state index contributed by atoms with van der Waals surface area (Å²) >= 11 is 1.58. The molecule has 0 aliphatic rings. The number of esters is 1. The maximum atomic E-state index is 13.2. The lowest BCUT2D eigenvalue weighted by molar-refractivity contribution is -0.145. The summed E-state index contributed by atoms with van der Waals surface area (Å²) in [5, 5.41) is 5.62. The van der Waals surface area contributed by atoms with Crippen molar-refractivity contribution in [3.05, 3.63) is 71.3 Å². The zero-order valence-electron chi connectivity index (χ0n) is 20.0. The number of hydrogen-bond donors (Lipinski definition) is 2. The Labute approximate surface area is 200 Å². The number of nitrogens with one attached hydrogen (secondary N) is 2. The molecule has 2 N–H and O–H groups in total. The molecule has 0 saturated heterocycles. The molecule has 2 aromatic carbocycles. The van der Waals surface area contributed by atoms with Gasteiger partial charge >= 0.3 is 5.97 Å². The van der Waals surface area contributed by atoms with Crippen molar-refractivity contribution in [1.29, 1.82) is 0 Å². The van der Waals surface area contributed by atoms with Gasteiger partial charge in [-0.15, -0.1) is 0 Å². The predicted molar refractivity (Wildman–Crippen MR) is 133 cm³/mol. The predicted octanol–water partition coefficient (Wildman–Crippen LogP) is 3.74. The lowest BCUT2D eigenvalue weighted by Gasteiger charge is -2.23. The minimum Gasteiger partial charge on any atom is -0.467 e. The van der Waals surface area contributed by atoms with Crippen molar-refractivity contribution in [3.8, 4) is 0 Å². The number of thioether (sulfide) groups is 1. The van der Waals surface area contributed by atoms with Gasteiger partial charge in [0.25, 0.3) is 5.91 Å². The monoisotopic (exact) mass is 470 g/mol. The molecule has 2 aromatic rings. The first kappa shape index (κ1) is 26.5. The highest BCUT2D eigenvalue weighted by molar-refractivity contribution is 7.98. The maximum Gasteiger partial charge on any atom is 0.328 e. The SMILES string of the molecule is COC(=O)[C@H](CCSC)NC(=O)[C@@H](Cc1ccccc1)NC(=O)c1ccc(C(C)(C)C)cc1. The van der Waals surface area contributed by atoms with Crippen LogP contribution in [0, 0.1) is 0 Å². The van der Waals surface area contributed by atoms with Crippen LogP contribution in [0.4, 0.5) is 0 Å². The summed E-state index contributed by atoms with van der Waals surface area (Å²) in [5.41, 5.74) is 2.47. The molecule has 0 unspecified atom stereocenters. The van der Waals surface area contributed by atoms with Crippen molar-refractivity contribution >= 4 is 29.5 Å². The average Bonchev–Trinajstić information content (AvgIpc) is 2.80. The van der Waals surface area contributed by atoms with Gasteiger partial charge in [-0.3, -0.25) is 9.59 Å². The third-order valence-corrected chi connectivity index (χ3v) is 5.97. The van der Waals surface area contributed by atoms with Crippen LogP contribution in [-0.4, -0.2) is 49.0 Å². The standard InChI is InChI=1S/C26H34N2O4S/c1-26(2,3)20-13-11-19(12-14-20)23(29)28-22(17-18-9-7-6-8-10-18)24(30)27-21(15-16-33-5)25(31)32-4/h6-14,21-22H,15-17H2,1-5H3,(H,27,30)(H,28,29)/t21-,22+/m0/s1. The summed E-state index contributed by atoms with van der Waals surface area (Å²) in [6, 6.07) is 15.2. The second kappa shape index (κ2) is 12.4. The summed E-state index contributed by atoms with van der Waals surface area (Å²) in [5.74, 6) is -0.573. The lowest BCUT2D eigenvalue weighted by atomic mass is 9.86. The van der Waals surface area contributed by atoms with Crippen molar-refractivity contribution in [1.82, 2.24) is 10.6 Å². The Balaban J connectivity index is 2.21. The topological polar surface area (TPSA) is 84.5 Å². The van der Waals surface area contributed by atoms with Crippen molar-refractivity contribution in [3.63, 3.8) is 0 Å². The van der Waals surface area contributed by atoms with Crippen molar-refractivity contribution in [2.24, 2.45) is 0 Å². The van der Waals surface area contributed by atoms with Gasteiger partial charge in [0.05, 0.1) is 7.11 Å². The van der Waals surface area contributed by atoms with E-state index >= 15 is 0 Å². The Morgan fingerprint density at radius 3 is 2.12 bits per heavy atom. The van der Waals surface area contributed by atoms with Gasteiger partial charge in [-0.25, -0.2) is 4.79 Å². The molecule has 0 aromatic heterocycles. The van der Waals surface area contributed by atoms with Crippen LogP contribution in [-0.2, 0) is 26.2 Å². The molecule has 2 atom stereocenters. The molecule has 7 heteroatoms. The molecule has 2 amide bonds. The number of benzene rings is 2. The summed E-state index contributed by atoms with van der Waals surface area (Å²) < 4.78 is 4.85. The van der Waals surface area contributed by atoms with Crippen LogP contribution in [0.2, 0.25) is 0 Å². The summed E-state index contributed by atoms with van der Waals surface area (Å²) in [7, 11) is 1.30. The lowest BCUT2D eigenvalue weighted by Crippen LogP contribution is -2.52. The van der Waals surface area contributed by atoms with E-state index in [2.05, 4.69) is 31.4 Å². The molecule has 0 radical (unpaired) electrons. The van der Waals surface area contributed by atoms with E-state index in [4.69, 9.17) is 4.74 Å². The zero-order chi connectivity index (χ0) is 24.4. The number of hydrogen-bond acceptors (Lipinski definition) is 5. The van der Waals surface area contributed by atoms with Crippen LogP contribution in [0.5, 0.6) is 0 Å². The Hall–Kier alpha value is -2.80. The van der Waals surface area contributed by atoms with E-state index in [1.165, 1.54) is 7.11 Å². The first-order valence-electron chi connectivity index (χ1n) is 11.0. The van der Waals surface area contributed by atoms with Crippen LogP contribution >= 0.6 is 11.8 Å². The third kappa shape index (κ3) is 8.24. The van der Waals surface area contributed by atoms with Gasteiger partial charge in [0.2, 0.25) is 5.91 Å². The first-order chi connectivity index (χ1) is 15.7. The van der Waals surface area contributed by atoms with Crippen LogP contribution in [0.25, 0.3) is 0 Å². The number of ether oxygens (including phenoxy) is 1. The highest BCUT2D eigenvalue weighted by Gasteiger charge is 2.27. The fourth-order valence-corrected chi connectivity index (χ4v) is 3.79. The van der Waals surface area contributed by atoms with Gasteiger partial charge in [-0.05, 0) is 47.1 Å². The second-order valence-electron chi connectivity index (χ2n) is 8.91. The normalized spacial score (nSPS) is 13.0. The minimum atomic E-state index is -0.844. The molecule has 0 fully saturated rings. The molecule has 0 aliphatic heterocycles. The van der Waals surface area contributed by atoms with Crippen molar-refractivity contribution in [2.75, 3.05) is 19.1 Å². The smallest absolute Gasteiger partial charge is 0.328 e. The van der Waals surface area contributed by atoms with Gasteiger partial charge < -0.3 is 15.4 Å². The van der Waals surface area contributed by atoms with E-state index < -0.39 is 24.0 Å². The van der Waals surface area contributed by atoms with Crippen LogP contribution < -0.4 is 10.6 Å². The molecule has 0 spiro atoms. The number of carbonyl (C=O) groups excluding carboxylic acids is 3. The molecular weight excluding hydrogens is 436 g/mol. The number of amides is 2. The van der Waals surface area contributed by atoms with Crippen LogP contribution in [0.3, 0.4) is 0 Å². The number of rotatable bonds is 10. The summed E-state index contributed by atoms with van der Waals surface area (Å²) in [4.78, 5) is 38.3. The molecule has 0 saturated carbocycles. The van der Waals surface area contributed by atoms with E-state index in [1.807, 2.05) is 48.7 Å². The Morgan fingerprint density at radius 1 is 0.939 bits per heavy atom. The van der Waals surface area contributed by atoms with Crippen molar-refractivity contribution in [2.45, 2.75) is 51.1 Å². The fraction of sp³-hybridized carbons (Fsp3) is 0.423. The van der Waals surface area contributed by atoms with E-state index in [0.29, 0.717) is 24.2 Å². The second-order valence-corrected chi connectivity index (χ2v) is 9.89. The first-order valence-corrected chi connectivity index (χ1v) is 12.4. The van der Waals surface area contributed by atoms with Crippen LogP contribution in [0.1, 0.15) is 48.7 Å². The Kier molecular flexibility index (Phi) is 9.97. The van der Waals surface area contributed by atoms with E-state index in [1.54, 1.807) is 23.9 Å². The quantitative estimate of drug-likeness (QED) is 0.517. The molecule has 178 valence electrons. The Morgan fingerprint density at radius 2 is 1.58 bits per heavy atom. The molecular formula is C26H34N2O4S. The maximum absolute atomic E-state index is 13.2. The molecule has 2 rings (SSSR count). The largest absolute Gasteiger partial charge is 0.467 e. The summed E-state index contributed by atoms with van der Waals surface area (Å²) in [6.07, 6.45) is 2.67. The summed E-state index contributed by atoms with van der Waals surface area (Å²) in [6.45, 7) is 6.32. The molecule has 0 bridgehead atoms. The fourth-order valence-electron chi connectivity index (χ4n) is 3.32. The molecule has 0 heterocycles. The van der Waals surface area contributed by atoms with Gasteiger partial charge in [-0.2, -0.15) is 11.8 Å². The van der Waals surface area contributed by atoms with E-state index in [-0.39, 0.29) is 11.3 Å². The Bertz CT molecular complexity index is 924. The van der Waals surface area contributed by atoms with Crippen molar-refractivity contribution < 1.29 is 19.1 Å². The minimum absolute atomic E-state index is 0.0234. The van der Waals surface area contributed by atoms with Gasteiger partial charge in [0, 0.05) is 12.0 Å². The van der Waals surface area contributed by atoms with Crippen LogP contribution in [0.15, 0.2) is 54.6 Å². The third-order valence-electron chi connectivity index (χ3n) is 5.33. The number of carbonyl (C=O) groups is 3. The van der Waals surface area contributed by atoms with E-state index in [0.717, 1.165) is 11.1 Å². The highest BCUT2D eigenvalue weighted by Crippen LogP contribution is 2.22. The number of methoxy groups -OCH3 is 1. The highest BCUT2D eigenvalue weighted by atomic mass is 32.2. The molecule has 6 nitrogen and oxygen atoms in total. The average molecular weight is 471 g/mol. The molecule has 0 aliphatic carbocycles. The van der Waals surface area contributed by atoms with Gasteiger partial charge in [-0.1, -0.05) is 63.2 Å². The zero-order valence-corrected chi connectivity index (χ0v) is 20.8. The van der Waals surface area contributed by atoms with Gasteiger partial charge in [0.1, 0.15) is 12.1 Å². The van der Waals surface area contributed by atoms with Gasteiger partial charge in [0.15, 0.2) is 0 Å². The van der Waals surface area contributed by atoms with E-state index in [9.17, 15) is 14.4 Å². The molecule has 33 heavy (non-hydrogen) atoms.